The third kappa shape index (κ3) is 2.45. The maximum absolute atomic E-state index is 11.8. The van der Waals surface area contributed by atoms with Crippen molar-refractivity contribution in [2.24, 2.45) is 11.1 Å². The van der Waals surface area contributed by atoms with Crippen LogP contribution in [0.25, 0.3) is 0 Å². The molecule has 1 aliphatic rings. The largest absolute Gasteiger partial charge is 0.385 e. The fourth-order valence-corrected chi connectivity index (χ4v) is 1.86. The van der Waals surface area contributed by atoms with Crippen LogP contribution in [-0.4, -0.2) is 32.7 Å². The van der Waals surface area contributed by atoms with Gasteiger partial charge in [-0.25, -0.2) is 0 Å². The third-order valence-corrected chi connectivity index (χ3v) is 3.01. The van der Waals surface area contributed by atoms with E-state index in [4.69, 9.17) is 10.5 Å². The predicted octanol–water partition coefficient (Wildman–Crippen LogP) is 0.268. The van der Waals surface area contributed by atoms with Crippen LogP contribution in [0.15, 0.2) is 0 Å². The van der Waals surface area contributed by atoms with Gasteiger partial charge in [-0.05, 0) is 19.3 Å². The molecular formula is C10H20N2O2. The van der Waals surface area contributed by atoms with Crippen molar-refractivity contribution in [3.8, 4) is 0 Å². The summed E-state index contributed by atoms with van der Waals surface area (Å²) in [6.45, 7) is 1.75. The molecule has 0 atom stereocenters. The highest BCUT2D eigenvalue weighted by Crippen LogP contribution is 2.44. The Bertz CT molecular complexity index is 191. The van der Waals surface area contributed by atoms with Crippen molar-refractivity contribution in [1.29, 1.82) is 0 Å². The summed E-state index contributed by atoms with van der Waals surface area (Å²) in [7, 11) is 1.67. The van der Waals surface area contributed by atoms with Gasteiger partial charge >= 0.3 is 0 Å². The SMILES string of the molecule is COCCC1(C(=O)NCCN)CCC1. The Labute approximate surface area is 85.2 Å². The fraction of sp³-hybridized carbons (Fsp3) is 0.900. The van der Waals surface area contributed by atoms with E-state index >= 15 is 0 Å². The molecule has 0 heterocycles. The van der Waals surface area contributed by atoms with Crippen LogP contribution in [0.4, 0.5) is 0 Å². The molecular weight excluding hydrogens is 180 g/mol. The maximum Gasteiger partial charge on any atom is 0.226 e. The van der Waals surface area contributed by atoms with Gasteiger partial charge in [-0.3, -0.25) is 4.79 Å². The Balaban J connectivity index is 2.38. The first-order valence-corrected chi connectivity index (χ1v) is 5.22. The Morgan fingerprint density at radius 3 is 2.71 bits per heavy atom. The fourth-order valence-electron chi connectivity index (χ4n) is 1.86. The van der Waals surface area contributed by atoms with Gasteiger partial charge in [0.2, 0.25) is 5.91 Å². The van der Waals surface area contributed by atoms with Crippen molar-refractivity contribution in [2.75, 3.05) is 26.8 Å². The molecule has 0 radical (unpaired) electrons. The minimum absolute atomic E-state index is 0.148. The van der Waals surface area contributed by atoms with Crippen LogP contribution in [0.3, 0.4) is 0 Å². The van der Waals surface area contributed by atoms with Gasteiger partial charge in [0.15, 0.2) is 0 Å². The standard InChI is InChI=1S/C10H20N2O2/c1-14-8-5-10(3-2-4-10)9(13)12-7-6-11/h2-8,11H2,1H3,(H,12,13). The molecule has 1 fully saturated rings. The zero-order valence-electron chi connectivity index (χ0n) is 8.84. The second kappa shape index (κ2) is 5.32. The van der Waals surface area contributed by atoms with E-state index in [1.165, 1.54) is 0 Å². The minimum atomic E-state index is -0.148. The van der Waals surface area contributed by atoms with Gasteiger partial charge in [-0.2, -0.15) is 0 Å². The predicted molar refractivity (Wildman–Crippen MR) is 54.8 cm³/mol. The lowest BCUT2D eigenvalue weighted by Crippen LogP contribution is -2.47. The van der Waals surface area contributed by atoms with Crippen molar-refractivity contribution >= 4 is 5.91 Å². The number of ether oxygens (including phenoxy) is 1. The smallest absolute Gasteiger partial charge is 0.226 e. The molecule has 1 amide bonds. The number of amides is 1. The molecule has 0 aromatic carbocycles. The van der Waals surface area contributed by atoms with Crippen molar-refractivity contribution < 1.29 is 9.53 Å². The first-order valence-electron chi connectivity index (χ1n) is 5.22. The molecule has 3 N–H and O–H groups in total. The summed E-state index contributed by atoms with van der Waals surface area (Å²) < 4.78 is 5.02. The summed E-state index contributed by atoms with van der Waals surface area (Å²) in [4.78, 5) is 11.8. The highest BCUT2D eigenvalue weighted by Gasteiger charge is 2.43. The molecule has 4 nitrogen and oxygen atoms in total. The number of rotatable bonds is 6. The van der Waals surface area contributed by atoms with E-state index in [2.05, 4.69) is 5.32 Å². The second-order valence-electron chi connectivity index (χ2n) is 3.92. The Hall–Kier alpha value is -0.610. The molecule has 0 unspecified atom stereocenters. The number of nitrogens with one attached hydrogen (secondary N) is 1. The van der Waals surface area contributed by atoms with E-state index in [9.17, 15) is 4.79 Å². The number of hydrogen-bond donors (Lipinski definition) is 2. The molecule has 4 heteroatoms. The van der Waals surface area contributed by atoms with Gasteiger partial charge in [0, 0.05) is 26.8 Å². The highest BCUT2D eigenvalue weighted by molar-refractivity contribution is 5.83. The van der Waals surface area contributed by atoms with Gasteiger partial charge in [-0.15, -0.1) is 0 Å². The van der Waals surface area contributed by atoms with Gasteiger partial charge in [0.25, 0.3) is 0 Å². The summed E-state index contributed by atoms with van der Waals surface area (Å²) in [5.41, 5.74) is 5.19. The maximum atomic E-state index is 11.8. The quantitative estimate of drug-likeness (QED) is 0.647. The molecule has 0 spiro atoms. The van der Waals surface area contributed by atoms with Crippen LogP contribution in [0.2, 0.25) is 0 Å². The van der Waals surface area contributed by atoms with Crippen LogP contribution >= 0.6 is 0 Å². The van der Waals surface area contributed by atoms with E-state index < -0.39 is 0 Å². The van der Waals surface area contributed by atoms with Crippen LogP contribution in [0.5, 0.6) is 0 Å². The average Bonchev–Trinajstić information content (AvgIpc) is 2.13. The van der Waals surface area contributed by atoms with Crippen molar-refractivity contribution in [1.82, 2.24) is 5.32 Å². The van der Waals surface area contributed by atoms with Crippen LogP contribution < -0.4 is 11.1 Å². The summed E-state index contributed by atoms with van der Waals surface area (Å²) in [6.07, 6.45) is 3.97. The lowest BCUT2D eigenvalue weighted by molar-refractivity contribution is -0.137. The van der Waals surface area contributed by atoms with Gasteiger partial charge in [0.05, 0.1) is 5.41 Å². The number of nitrogens with two attached hydrogens (primary N) is 1. The molecule has 0 aliphatic heterocycles. The first-order chi connectivity index (χ1) is 6.75. The topological polar surface area (TPSA) is 64.3 Å². The van der Waals surface area contributed by atoms with Crippen LogP contribution in [0.1, 0.15) is 25.7 Å². The van der Waals surface area contributed by atoms with Crippen LogP contribution in [-0.2, 0) is 9.53 Å². The summed E-state index contributed by atoms with van der Waals surface area (Å²) in [5, 5.41) is 2.86. The zero-order valence-corrected chi connectivity index (χ0v) is 8.84. The Kier molecular flexibility index (Phi) is 4.35. The number of methoxy groups -OCH3 is 1. The molecule has 0 saturated heterocycles. The molecule has 82 valence electrons. The molecule has 0 bridgehead atoms. The number of carbonyl (C=O) groups excluding carboxylic acids is 1. The molecule has 1 aliphatic carbocycles. The van der Waals surface area contributed by atoms with Gasteiger partial charge < -0.3 is 15.8 Å². The van der Waals surface area contributed by atoms with Gasteiger partial charge in [-0.1, -0.05) is 6.42 Å². The molecule has 0 aromatic heterocycles. The van der Waals surface area contributed by atoms with E-state index in [0.717, 1.165) is 25.7 Å². The Morgan fingerprint density at radius 1 is 1.57 bits per heavy atom. The molecule has 14 heavy (non-hydrogen) atoms. The lowest BCUT2D eigenvalue weighted by Gasteiger charge is -2.40. The summed E-state index contributed by atoms with van der Waals surface area (Å²) in [5.74, 6) is 0.159. The average molecular weight is 200 g/mol. The summed E-state index contributed by atoms with van der Waals surface area (Å²) in [6, 6.07) is 0. The van der Waals surface area contributed by atoms with Crippen molar-refractivity contribution in [3.05, 3.63) is 0 Å². The van der Waals surface area contributed by atoms with E-state index in [1.54, 1.807) is 7.11 Å². The first kappa shape index (κ1) is 11.5. The zero-order chi connectivity index (χ0) is 10.4. The van der Waals surface area contributed by atoms with Gasteiger partial charge in [0.1, 0.15) is 0 Å². The number of carbonyl (C=O) groups is 1. The monoisotopic (exact) mass is 200 g/mol. The highest BCUT2D eigenvalue weighted by atomic mass is 16.5. The van der Waals surface area contributed by atoms with Crippen LogP contribution in [0, 0.1) is 5.41 Å². The third-order valence-electron chi connectivity index (χ3n) is 3.01. The normalized spacial score (nSPS) is 18.7. The number of hydrogen-bond acceptors (Lipinski definition) is 3. The van der Waals surface area contributed by atoms with E-state index in [1.807, 2.05) is 0 Å². The lowest BCUT2D eigenvalue weighted by atomic mass is 9.66. The van der Waals surface area contributed by atoms with E-state index in [-0.39, 0.29) is 11.3 Å². The summed E-state index contributed by atoms with van der Waals surface area (Å²) >= 11 is 0. The van der Waals surface area contributed by atoms with E-state index in [0.29, 0.717) is 19.7 Å². The minimum Gasteiger partial charge on any atom is -0.385 e. The molecule has 0 aromatic rings. The molecule has 1 saturated carbocycles. The van der Waals surface area contributed by atoms with Crippen molar-refractivity contribution in [2.45, 2.75) is 25.7 Å². The van der Waals surface area contributed by atoms with Crippen molar-refractivity contribution in [3.63, 3.8) is 0 Å². The molecule has 1 rings (SSSR count). The second-order valence-corrected chi connectivity index (χ2v) is 3.92. The Morgan fingerprint density at radius 2 is 2.29 bits per heavy atom.